The Morgan fingerprint density at radius 2 is 1.88 bits per heavy atom. The van der Waals surface area contributed by atoms with Gasteiger partial charge in [-0.25, -0.2) is 0 Å². The molecule has 0 radical (unpaired) electrons. The Hall–Kier alpha value is -3.23. The van der Waals surface area contributed by atoms with Crippen molar-refractivity contribution in [1.82, 2.24) is 15.1 Å². The molecule has 0 saturated carbocycles. The number of benzene rings is 2. The minimum atomic E-state index is -0.620. The summed E-state index contributed by atoms with van der Waals surface area (Å²) in [6, 6.07) is 15.1. The third-order valence-corrected chi connectivity index (χ3v) is 6.73. The maximum Gasteiger partial charge on any atom is 0.255 e. The minimum absolute atomic E-state index is 0.0631. The number of carbonyl (C=O) groups excluding carboxylic acids is 3. The molecule has 3 aliphatic rings. The Labute approximate surface area is 192 Å². The zero-order chi connectivity index (χ0) is 22.9. The number of rotatable bonds is 5. The van der Waals surface area contributed by atoms with Gasteiger partial charge in [0, 0.05) is 44.2 Å². The van der Waals surface area contributed by atoms with Crippen LogP contribution in [0.4, 0.5) is 0 Å². The third kappa shape index (κ3) is 4.49. The summed E-state index contributed by atoms with van der Waals surface area (Å²) in [4.78, 5) is 40.5. The molecule has 0 spiro atoms. The smallest absolute Gasteiger partial charge is 0.255 e. The van der Waals surface area contributed by atoms with Crippen LogP contribution in [0, 0.1) is 0 Å². The van der Waals surface area contributed by atoms with Crippen molar-refractivity contribution in [1.29, 1.82) is 0 Å². The first-order valence-electron chi connectivity index (χ1n) is 11.4. The van der Waals surface area contributed by atoms with E-state index in [0.29, 0.717) is 24.3 Å². The number of ether oxygens (including phenoxy) is 1. The van der Waals surface area contributed by atoms with Gasteiger partial charge in [-0.05, 0) is 42.2 Å². The second-order valence-electron chi connectivity index (χ2n) is 9.05. The van der Waals surface area contributed by atoms with Crippen molar-refractivity contribution in [2.75, 3.05) is 13.1 Å². The van der Waals surface area contributed by atoms with Crippen LogP contribution in [0.5, 0.6) is 5.75 Å². The largest absolute Gasteiger partial charge is 0.487 e. The van der Waals surface area contributed by atoms with Crippen LogP contribution >= 0.6 is 0 Å². The number of nitrogens with zero attached hydrogens (tertiary/aromatic N) is 2. The van der Waals surface area contributed by atoms with Gasteiger partial charge in [0.25, 0.3) is 5.91 Å². The van der Waals surface area contributed by atoms with E-state index >= 15 is 0 Å². The molecule has 3 atom stereocenters. The van der Waals surface area contributed by atoms with Gasteiger partial charge < -0.3 is 15.4 Å². The average Bonchev–Trinajstić information content (AvgIpc) is 3.12. The summed E-state index contributed by atoms with van der Waals surface area (Å²) in [6.45, 7) is 2.84. The van der Waals surface area contributed by atoms with Crippen molar-refractivity contribution in [2.45, 2.75) is 50.5 Å². The van der Waals surface area contributed by atoms with Crippen LogP contribution < -0.4 is 15.8 Å². The highest BCUT2D eigenvalue weighted by Gasteiger charge is 2.39. The fourth-order valence-corrected chi connectivity index (χ4v) is 4.91. The van der Waals surface area contributed by atoms with Crippen molar-refractivity contribution in [3.63, 3.8) is 0 Å². The Kier molecular flexibility index (Phi) is 5.86. The number of piperidine rings is 2. The first-order chi connectivity index (χ1) is 16.0. The molecule has 8 nitrogen and oxygen atoms in total. The molecular formula is C25H28N4O4. The molecule has 3 N–H and O–H groups in total. The lowest BCUT2D eigenvalue weighted by Crippen LogP contribution is -2.52. The van der Waals surface area contributed by atoms with Gasteiger partial charge in [0.2, 0.25) is 11.8 Å². The van der Waals surface area contributed by atoms with Gasteiger partial charge in [0.15, 0.2) is 0 Å². The molecule has 0 aromatic heterocycles. The molecule has 0 bridgehead atoms. The molecule has 2 fully saturated rings. The number of likely N-dealkylation sites (tertiary alicyclic amines) is 1. The Bertz CT molecular complexity index is 1070. The fourth-order valence-electron chi connectivity index (χ4n) is 4.91. The fraction of sp³-hybridized carbons (Fsp3) is 0.400. The normalized spacial score (nSPS) is 25.7. The van der Waals surface area contributed by atoms with Crippen molar-refractivity contribution in [3.8, 4) is 5.75 Å². The number of fused-ring (bicyclic) bond motifs is 1. The van der Waals surface area contributed by atoms with Crippen molar-refractivity contribution < 1.29 is 19.1 Å². The highest BCUT2D eigenvalue weighted by Crippen LogP contribution is 2.31. The second kappa shape index (κ2) is 8.96. The zero-order valence-corrected chi connectivity index (χ0v) is 18.4. The van der Waals surface area contributed by atoms with Gasteiger partial charge in [-0.1, -0.05) is 30.3 Å². The number of imide groups is 1. The lowest BCUT2D eigenvalue weighted by atomic mass is 10.0. The van der Waals surface area contributed by atoms with Crippen LogP contribution in [-0.4, -0.2) is 58.8 Å². The number of nitrogens with one attached hydrogen (secondary N) is 1. The predicted molar refractivity (Wildman–Crippen MR) is 121 cm³/mol. The Morgan fingerprint density at radius 3 is 2.67 bits per heavy atom. The third-order valence-electron chi connectivity index (χ3n) is 6.73. The van der Waals surface area contributed by atoms with E-state index in [9.17, 15) is 14.4 Å². The number of nitrogens with two attached hydrogens (primary N) is 1. The molecule has 3 heterocycles. The molecule has 2 aromatic carbocycles. The van der Waals surface area contributed by atoms with Gasteiger partial charge >= 0.3 is 0 Å². The summed E-state index contributed by atoms with van der Waals surface area (Å²) in [5.74, 6) is -0.208. The van der Waals surface area contributed by atoms with Gasteiger partial charge in [-0.2, -0.15) is 0 Å². The summed E-state index contributed by atoms with van der Waals surface area (Å²) in [6.07, 6.45) is 1.29. The molecule has 2 aromatic rings. The standard InChI is InChI=1S/C25H28N4O4/c26-20-10-11-28(13-16-4-2-1-3-5-16)15-22(20)33-18-6-7-19-17(12-18)14-29(25(19)32)21-8-9-23(30)27-24(21)31/h1-7,12,20-22H,8-11,13-15,26H2,(H,27,30,31)/t20-,21?,22-/m1/s1. The van der Waals surface area contributed by atoms with Gasteiger partial charge in [0.1, 0.15) is 17.9 Å². The van der Waals surface area contributed by atoms with Crippen molar-refractivity contribution >= 4 is 17.7 Å². The molecule has 5 rings (SSSR count). The van der Waals surface area contributed by atoms with E-state index in [1.54, 1.807) is 17.0 Å². The number of hydrogen-bond acceptors (Lipinski definition) is 6. The minimum Gasteiger partial charge on any atom is -0.487 e. The van der Waals surface area contributed by atoms with Crippen LogP contribution in [0.2, 0.25) is 0 Å². The number of hydrogen-bond donors (Lipinski definition) is 2. The molecule has 2 saturated heterocycles. The van der Waals surface area contributed by atoms with E-state index in [0.717, 1.165) is 31.6 Å². The average molecular weight is 449 g/mol. The first kappa shape index (κ1) is 21.6. The van der Waals surface area contributed by atoms with E-state index in [4.69, 9.17) is 10.5 Å². The highest BCUT2D eigenvalue weighted by molar-refractivity contribution is 6.05. The van der Waals surface area contributed by atoms with Gasteiger partial charge in [-0.3, -0.25) is 24.6 Å². The van der Waals surface area contributed by atoms with E-state index in [2.05, 4.69) is 22.3 Å². The maximum absolute atomic E-state index is 12.9. The van der Waals surface area contributed by atoms with Crippen molar-refractivity contribution in [2.24, 2.45) is 5.73 Å². The molecule has 3 amide bonds. The number of amides is 3. The number of carbonyl (C=O) groups is 3. The van der Waals surface area contributed by atoms with E-state index in [-0.39, 0.29) is 30.4 Å². The molecule has 3 aliphatic heterocycles. The molecular weight excluding hydrogens is 420 g/mol. The van der Waals surface area contributed by atoms with Crippen LogP contribution in [0.3, 0.4) is 0 Å². The Morgan fingerprint density at radius 1 is 1.06 bits per heavy atom. The lowest BCUT2D eigenvalue weighted by Gasteiger charge is -2.37. The van der Waals surface area contributed by atoms with E-state index in [1.165, 1.54) is 5.56 Å². The summed E-state index contributed by atoms with van der Waals surface area (Å²) < 4.78 is 6.29. The summed E-state index contributed by atoms with van der Waals surface area (Å²) in [5, 5.41) is 2.33. The van der Waals surface area contributed by atoms with E-state index in [1.807, 2.05) is 24.3 Å². The van der Waals surface area contributed by atoms with Crippen LogP contribution in [-0.2, 0) is 22.7 Å². The van der Waals surface area contributed by atoms with Crippen molar-refractivity contribution in [3.05, 3.63) is 65.2 Å². The second-order valence-corrected chi connectivity index (χ2v) is 9.05. The van der Waals surface area contributed by atoms with Gasteiger partial charge in [-0.15, -0.1) is 0 Å². The van der Waals surface area contributed by atoms with Crippen LogP contribution in [0.25, 0.3) is 0 Å². The summed E-state index contributed by atoms with van der Waals surface area (Å²) in [5.41, 5.74) is 9.04. The summed E-state index contributed by atoms with van der Waals surface area (Å²) >= 11 is 0. The summed E-state index contributed by atoms with van der Waals surface area (Å²) in [7, 11) is 0. The zero-order valence-electron chi connectivity index (χ0n) is 18.4. The van der Waals surface area contributed by atoms with Crippen LogP contribution in [0.1, 0.15) is 40.7 Å². The van der Waals surface area contributed by atoms with E-state index < -0.39 is 11.9 Å². The molecule has 172 valence electrons. The topological polar surface area (TPSA) is 105 Å². The lowest BCUT2D eigenvalue weighted by molar-refractivity contribution is -0.136. The highest BCUT2D eigenvalue weighted by atomic mass is 16.5. The Balaban J connectivity index is 1.26. The predicted octanol–water partition coefficient (Wildman–Crippen LogP) is 1.43. The molecule has 33 heavy (non-hydrogen) atoms. The quantitative estimate of drug-likeness (QED) is 0.671. The maximum atomic E-state index is 12.9. The first-order valence-corrected chi connectivity index (χ1v) is 11.4. The van der Waals surface area contributed by atoms with Crippen LogP contribution in [0.15, 0.2) is 48.5 Å². The SMILES string of the molecule is N[C@@H]1CCN(Cc2ccccc2)C[C@H]1Oc1ccc2c(c1)CN(C1CCC(=O)NC1=O)C2=O. The molecule has 0 aliphatic carbocycles. The van der Waals surface area contributed by atoms with Gasteiger partial charge in [0.05, 0.1) is 0 Å². The molecule has 1 unspecified atom stereocenters. The molecule has 8 heteroatoms. The monoisotopic (exact) mass is 448 g/mol.